The van der Waals surface area contributed by atoms with E-state index in [1.807, 2.05) is 0 Å². The number of esters is 2. The quantitative estimate of drug-likeness (QED) is 0.255. The molecule has 0 radical (unpaired) electrons. The number of halogens is 4. The maximum Gasteiger partial charge on any atom is 0.330 e. The summed E-state index contributed by atoms with van der Waals surface area (Å²) in [6.45, 7) is 6.29. The summed E-state index contributed by atoms with van der Waals surface area (Å²) < 4.78 is 12.3. The maximum atomic E-state index is 12.9. The number of imidazole rings is 1. The third kappa shape index (κ3) is 4.38. The summed E-state index contributed by atoms with van der Waals surface area (Å²) >= 11 is 24.8. The first-order valence-corrected chi connectivity index (χ1v) is 9.29. The molecule has 1 aromatic heterocycles. The highest BCUT2D eigenvalue weighted by molar-refractivity contribution is 6.55. The molecule has 0 spiro atoms. The lowest BCUT2D eigenvalue weighted by Crippen LogP contribution is -2.27. The molecule has 150 valence electrons. The van der Waals surface area contributed by atoms with Gasteiger partial charge in [-0.15, -0.1) is 0 Å². The smallest absolute Gasteiger partial charge is 0.330 e. The fraction of sp³-hybridized carbons (Fsp3) is 0.235. The van der Waals surface area contributed by atoms with Gasteiger partial charge in [-0.25, -0.2) is 14.4 Å². The highest BCUT2D eigenvalue weighted by Gasteiger charge is 2.24. The van der Waals surface area contributed by atoms with E-state index in [-0.39, 0.29) is 57.4 Å². The zero-order chi connectivity index (χ0) is 21.0. The first-order valence-electron chi connectivity index (χ1n) is 7.77. The molecule has 7 nitrogen and oxygen atoms in total. The van der Waals surface area contributed by atoms with Crippen molar-refractivity contribution >= 4 is 69.4 Å². The van der Waals surface area contributed by atoms with Gasteiger partial charge in [0.1, 0.15) is 13.2 Å². The molecule has 0 atom stereocenters. The standard InChI is InChI=1S/C17H14Cl4N2O5/c1-3-9(24)27-7-5-22-15-13(20)11(18)12(19)14(21)16(15)23(17(22)26)6-8-28-10(25)4-2/h3-4H,1-2,5-8H2. The minimum absolute atomic E-state index is 0.0139. The number of ether oxygens (including phenoxy) is 2. The normalized spacial score (nSPS) is 10.7. The number of nitrogens with zero attached hydrogens (tertiary/aromatic N) is 2. The van der Waals surface area contributed by atoms with Gasteiger partial charge in [0.25, 0.3) is 0 Å². The third-order valence-corrected chi connectivity index (χ3v) is 5.45. The monoisotopic (exact) mass is 466 g/mol. The minimum Gasteiger partial charge on any atom is -0.461 e. The van der Waals surface area contributed by atoms with Crippen LogP contribution in [0.2, 0.25) is 20.1 Å². The molecule has 0 bridgehead atoms. The summed E-state index contributed by atoms with van der Waals surface area (Å²) in [5.41, 5.74) is -0.0898. The fourth-order valence-electron chi connectivity index (χ4n) is 2.45. The van der Waals surface area contributed by atoms with E-state index in [9.17, 15) is 14.4 Å². The van der Waals surface area contributed by atoms with Crippen LogP contribution in [0.5, 0.6) is 0 Å². The van der Waals surface area contributed by atoms with Crippen molar-refractivity contribution in [3.8, 4) is 0 Å². The predicted molar refractivity (Wildman–Crippen MR) is 109 cm³/mol. The van der Waals surface area contributed by atoms with Crippen molar-refractivity contribution in [1.29, 1.82) is 0 Å². The third-order valence-electron chi connectivity index (χ3n) is 3.67. The molecule has 0 unspecified atom stereocenters. The maximum absolute atomic E-state index is 12.9. The number of rotatable bonds is 8. The second-order valence-corrected chi connectivity index (χ2v) is 6.79. The van der Waals surface area contributed by atoms with Gasteiger partial charge in [-0.2, -0.15) is 0 Å². The highest BCUT2D eigenvalue weighted by atomic mass is 35.5. The molecule has 1 heterocycles. The van der Waals surface area contributed by atoms with E-state index in [4.69, 9.17) is 55.9 Å². The van der Waals surface area contributed by atoms with Crippen LogP contribution in [0.4, 0.5) is 0 Å². The van der Waals surface area contributed by atoms with Crippen LogP contribution in [0, 0.1) is 0 Å². The minimum atomic E-state index is -0.640. The van der Waals surface area contributed by atoms with Crippen LogP contribution in [0.15, 0.2) is 30.1 Å². The van der Waals surface area contributed by atoms with Crippen molar-refractivity contribution in [3.63, 3.8) is 0 Å². The van der Waals surface area contributed by atoms with Crippen LogP contribution < -0.4 is 5.69 Å². The molecule has 0 aliphatic rings. The van der Waals surface area contributed by atoms with Crippen molar-refractivity contribution < 1.29 is 19.1 Å². The van der Waals surface area contributed by atoms with Crippen LogP contribution in [-0.2, 0) is 32.2 Å². The fourth-order valence-corrected chi connectivity index (χ4v) is 3.48. The van der Waals surface area contributed by atoms with Gasteiger partial charge in [-0.05, 0) is 0 Å². The van der Waals surface area contributed by atoms with Crippen molar-refractivity contribution in [2.45, 2.75) is 13.1 Å². The molecule has 0 saturated carbocycles. The Labute approximate surface area is 179 Å². The van der Waals surface area contributed by atoms with E-state index in [1.165, 1.54) is 9.13 Å². The zero-order valence-corrected chi connectivity index (χ0v) is 17.4. The van der Waals surface area contributed by atoms with E-state index in [0.717, 1.165) is 12.2 Å². The van der Waals surface area contributed by atoms with Gasteiger partial charge in [0.2, 0.25) is 0 Å². The van der Waals surface area contributed by atoms with Gasteiger partial charge in [-0.3, -0.25) is 9.13 Å². The van der Waals surface area contributed by atoms with Gasteiger partial charge in [0.05, 0.1) is 44.2 Å². The Bertz CT molecular complexity index is 947. The number of carbonyl (C=O) groups is 2. The number of benzene rings is 1. The molecular weight excluding hydrogens is 454 g/mol. The van der Waals surface area contributed by atoms with E-state index >= 15 is 0 Å². The second kappa shape index (κ2) is 9.52. The largest absolute Gasteiger partial charge is 0.461 e. The Hall–Kier alpha value is -1.93. The lowest BCUT2D eigenvalue weighted by molar-refractivity contribution is -0.138. The van der Waals surface area contributed by atoms with Crippen LogP contribution in [0.1, 0.15) is 0 Å². The van der Waals surface area contributed by atoms with Gasteiger partial charge < -0.3 is 9.47 Å². The van der Waals surface area contributed by atoms with E-state index < -0.39 is 17.6 Å². The van der Waals surface area contributed by atoms with Crippen molar-refractivity contribution in [2.75, 3.05) is 13.2 Å². The average molecular weight is 468 g/mol. The molecule has 0 amide bonds. The summed E-state index contributed by atoms with van der Waals surface area (Å²) in [5, 5.41) is -0.0130. The number of hydrogen-bond acceptors (Lipinski definition) is 5. The van der Waals surface area contributed by atoms with Crippen molar-refractivity contribution in [2.24, 2.45) is 0 Å². The Kier molecular flexibility index (Phi) is 7.60. The molecule has 0 aliphatic heterocycles. The second-order valence-electron chi connectivity index (χ2n) is 5.28. The average Bonchev–Trinajstić information content (AvgIpc) is 2.96. The number of carbonyl (C=O) groups excluding carboxylic acids is 2. The molecule has 1 aromatic carbocycles. The number of hydrogen-bond donors (Lipinski definition) is 0. The summed E-state index contributed by atoms with van der Waals surface area (Å²) in [6, 6.07) is 0. The Morgan fingerprint density at radius 2 is 1.14 bits per heavy atom. The molecular formula is C17H14Cl4N2O5. The van der Waals surface area contributed by atoms with Crippen LogP contribution in [-0.4, -0.2) is 34.3 Å². The molecule has 11 heteroatoms. The number of fused-ring (bicyclic) bond motifs is 1. The Morgan fingerprint density at radius 1 is 0.786 bits per heavy atom. The first-order chi connectivity index (χ1) is 13.2. The van der Waals surface area contributed by atoms with Crippen LogP contribution >= 0.6 is 46.4 Å². The lowest BCUT2D eigenvalue weighted by Gasteiger charge is -2.09. The molecule has 0 saturated heterocycles. The molecule has 0 N–H and O–H groups in total. The van der Waals surface area contributed by atoms with E-state index in [0.29, 0.717) is 0 Å². The lowest BCUT2D eigenvalue weighted by atomic mass is 10.3. The van der Waals surface area contributed by atoms with Gasteiger partial charge >= 0.3 is 17.6 Å². The van der Waals surface area contributed by atoms with Crippen molar-refractivity contribution in [1.82, 2.24) is 9.13 Å². The van der Waals surface area contributed by atoms with Crippen LogP contribution in [0.3, 0.4) is 0 Å². The summed E-state index contributed by atoms with van der Waals surface area (Å²) in [4.78, 5) is 35.4. The van der Waals surface area contributed by atoms with Gasteiger partial charge in [0.15, 0.2) is 0 Å². The molecule has 28 heavy (non-hydrogen) atoms. The van der Waals surface area contributed by atoms with Gasteiger partial charge in [-0.1, -0.05) is 59.6 Å². The molecule has 0 aliphatic carbocycles. The molecule has 0 fully saturated rings. The SMILES string of the molecule is C=CC(=O)OCCn1c(=O)n(CCOC(=O)C=C)c2c(Cl)c(Cl)c(Cl)c(Cl)c21. The summed E-state index contributed by atoms with van der Waals surface area (Å²) in [5.74, 6) is -1.28. The topological polar surface area (TPSA) is 79.5 Å². The summed E-state index contributed by atoms with van der Waals surface area (Å²) in [7, 11) is 0. The predicted octanol–water partition coefficient (Wildman–Crippen LogP) is 3.88. The molecule has 2 aromatic rings. The van der Waals surface area contributed by atoms with E-state index in [2.05, 4.69) is 13.2 Å². The summed E-state index contributed by atoms with van der Waals surface area (Å²) in [6.07, 6.45) is 2.00. The van der Waals surface area contributed by atoms with Crippen molar-refractivity contribution in [3.05, 3.63) is 55.9 Å². The Morgan fingerprint density at radius 3 is 1.46 bits per heavy atom. The molecule has 2 rings (SSSR count). The zero-order valence-electron chi connectivity index (χ0n) is 14.3. The number of aromatic nitrogens is 2. The van der Waals surface area contributed by atoms with Crippen LogP contribution in [0.25, 0.3) is 11.0 Å². The Balaban J connectivity index is 2.55. The first kappa shape index (κ1) is 22.4. The highest BCUT2D eigenvalue weighted by Crippen LogP contribution is 2.42. The van der Waals surface area contributed by atoms with E-state index in [1.54, 1.807) is 0 Å². The van der Waals surface area contributed by atoms with Gasteiger partial charge in [0, 0.05) is 12.2 Å².